The SMILES string of the molecule is C[n+]1c(N=C(N)c2ccccc2)[nH]c2ccccc21. The van der Waals surface area contributed by atoms with Gasteiger partial charge >= 0.3 is 5.95 Å². The highest BCUT2D eigenvalue weighted by Crippen LogP contribution is 2.13. The third-order valence-corrected chi connectivity index (χ3v) is 3.13. The first-order valence-electron chi connectivity index (χ1n) is 6.12. The molecule has 0 aliphatic rings. The van der Waals surface area contributed by atoms with Gasteiger partial charge in [0.15, 0.2) is 0 Å². The Morgan fingerprint density at radius 2 is 1.74 bits per heavy atom. The van der Waals surface area contributed by atoms with Crippen LogP contribution in [0.4, 0.5) is 5.95 Å². The van der Waals surface area contributed by atoms with E-state index in [9.17, 15) is 0 Å². The van der Waals surface area contributed by atoms with Gasteiger partial charge in [-0.3, -0.25) is 0 Å². The number of para-hydroxylation sites is 2. The third kappa shape index (κ3) is 2.08. The number of H-pyrrole nitrogens is 1. The number of benzene rings is 2. The molecule has 0 unspecified atom stereocenters. The van der Waals surface area contributed by atoms with Gasteiger partial charge in [-0.15, -0.1) is 0 Å². The maximum atomic E-state index is 6.03. The average Bonchev–Trinajstić information content (AvgIpc) is 2.77. The summed E-state index contributed by atoms with van der Waals surface area (Å²) in [5, 5.41) is 0. The molecular weight excluding hydrogens is 236 g/mol. The number of amidine groups is 1. The van der Waals surface area contributed by atoms with Crippen LogP contribution in [0, 0.1) is 0 Å². The monoisotopic (exact) mass is 251 g/mol. The van der Waals surface area contributed by atoms with Crippen LogP contribution >= 0.6 is 0 Å². The first-order valence-corrected chi connectivity index (χ1v) is 6.12. The van der Waals surface area contributed by atoms with E-state index in [0.717, 1.165) is 22.5 Å². The molecule has 0 saturated heterocycles. The van der Waals surface area contributed by atoms with Crippen molar-refractivity contribution in [3.63, 3.8) is 0 Å². The van der Waals surface area contributed by atoms with E-state index < -0.39 is 0 Å². The quantitative estimate of drug-likeness (QED) is 0.408. The van der Waals surface area contributed by atoms with Gasteiger partial charge in [0, 0.05) is 5.56 Å². The van der Waals surface area contributed by atoms with Gasteiger partial charge in [0.05, 0.1) is 7.05 Å². The summed E-state index contributed by atoms with van der Waals surface area (Å²) in [6.07, 6.45) is 0. The molecule has 0 radical (unpaired) electrons. The Kier molecular flexibility index (Phi) is 2.76. The van der Waals surface area contributed by atoms with E-state index in [-0.39, 0.29) is 0 Å². The van der Waals surface area contributed by atoms with Crippen molar-refractivity contribution in [3.8, 4) is 0 Å². The Balaban J connectivity index is 2.08. The Morgan fingerprint density at radius 3 is 2.47 bits per heavy atom. The second-order valence-corrected chi connectivity index (χ2v) is 4.39. The standard InChI is InChI=1S/C15H14N4/c1-19-13-10-6-5-9-12(13)17-15(19)18-14(16)11-7-3-2-4-8-11/h2-10H,1H3,(H2,16,17,18)/p+1. The van der Waals surface area contributed by atoms with Gasteiger partial charge in [-0.25, -0.2) is 9.55 Å². The van der Waals surface area contributed by atoms with Crippen molar-refractivity contribution in [2.45, 2.75) is 0 Å². The van der Waals surface area contributed by atoms with Crippen LogP contribution in [-0.4, -0.2) is 10.8 Å². The van der Waals surface area contributed by atoms with E-state index in [1.807, 2.05) is 66.2 Å². The number of aromatic nitrogens is 2. The largest absolute Gasteiger partial charge is 0.399 e. The number of nitrogens with zero attached hydrogens (tertiary/aromatic N) is 2. The summed E-state index contributed by atoms with van der Waals surface area (Å²) in [5.41, 5.74) is 9.10. The molecule has 3 aromatic rings. The molecule has 4 heteroatoms. The lowest BCUT2D eigenvalue weighted by Crippen LogP contribution is -2.27. The van der Waals surface area contributed by atoms with Crippen molar-refractivity contribution in [2.75, 3.05) is 0 Å². The molecule has 0 bridgehead atoms. The second-order valence-electron chi connectivity index (χ2n) is 4.39. The zero-order chi connectivity index (χ0) is 13.2. The summed E-state index contributed by atoms with van der Waals surface area (Å²) in [6, 6.07) is 17.8. The van der Waals surface area contributed by atoms with E-state index in [0.29, 0.717) is 5.84 Å². The lowest BCUT2D eigenvalue weighted by molar-refractivity contribution is -0.631. The summed E-state index contributed by atoms with van der Waals surface area (Å²) >= 11 is 0. The van der Waals surface area contributed by atoms with Crippen LogP contribution in [0.3, 0.4) is 0 Å². The Hall–Kier alpha value is -2.62. The van der Waals surface area contributed by atoms with Crippen molar-refractivity contribution < 1.29 is 4.57 Å². The van der Waals surface area contributed by atoms with Crippen LogP contribution in [0.1, 0.15) is 5.56 Å². The topological polar surface area (TPSA) is 58.0 Å². The minimum atomic E-state index is 0.503. The molecule has 0 atom stereocenters. The maximum Gasteiger partial charge on any atom is 0.399 e. The summed E-state index contributed by atoms with van der Waals surface area (Å²) < 4.78 is 1.99. The Bertz CT molecular complexity index is 741. The number of imidazole rings is 1. The lowest BCUT2D eigenvalue weighted by atomic mass is 10.2. The van der Waals surface area contributed by atoms with Crippen LogP contribution in [-0.2, 0) is 7.05 Å². The lowest BCUT2D eigenvalue weighted by Gasteiger charge is -1.94. The summed E-state index contributed by atoms with van der Waals surface area (Å²) in [5.74, 6) is 1.24. The molecule has 0 saturated carbocycles. The predicted molar refractivity (Wildman–Crippen MR) is 76.3 cm³/mol. The van der Waals surface area contributed by atoms with E-state index in [2.05, 4.69) is 9.98 Å². The fourth-order valence-corrected chi connectivity index (χ4v) is 2.08. The molecule has 1 heterocycles. The van der Waals surface area contributed by atoms with E-state index in [1.165, 1.54) is 0 Å². The summed E-state index contributed by atoms with van der Waals surface area (Å²) in [6.45, 7) is 0. The number of aliphatic imine (C=N–C) groups is 1. The number of hydrogen-bond donors (Lipinski definition) is 2. The Morgan fingerprint density at radius 1 is 1.05 bits per heavy atom. The molecular formula is C15H15N4+. The van der Waals surface area contributed by atoms with Gasteiger partial charge < -0.3 is 5.73 Å². The second kappa shape index (κ2) is 4.57. The van der Waals surface area contributed by atoms with Crippen LogP contribution in [0.5, 0.6) is 0 Å². The first kappa shape index (κ1) is 11.5. The van der Waals surface area contributed by atoms with Crippen molar-refractivity contribution in [1.82, 2.24) is 4.98 Å². The zero-order valence-corrected chi connectivity index (χ0v) is 10.7. The fourth-order valence-electron chi connectivity index (χ4n) is 2.08. The normalized spacial score (nSPS) is 11.9. The van der Waals surface area contributed by atoms with E-state index >= 15 is 0 Å². The average molecular weight is 251 g/mol. The number of aryl methyl sites for hydroxylation is 1. The highest BCUT2D eigenvalue weighted by atomic mass is 15.2. The molecule has 4 nitrogen and oxygen atoms in total. The summed E-state index contributed by atoms with van der Waals surface area (Å²) in [7, 11) is 1.97. The molecule has 0 spiro atoms. The molecule has 3 rings (SSSR count). The zero-order valence-electron chi connectivity index (χ0n) is 10.7. The van der Waals surface area contributed by atoms with Gasteiger partial charge in [-0.1, -0.05) is 35.3 Å². The minimum absolute atomic E-state index is 0.503. The summed E-state index contributed by atoms with van der Waals surface area (Å²) in [4.78, 5) is 7.73. The highest BCUT2D eigenvalue weighted by Gasteiger charge is 2.14. The smallest absolute Gasteiger partial charge is 0.369 e. The number of aromatic amines is 1. The third-order valence-electron chi connectivity index (χ3n) is 3.13. The fraction of sp³-hybridized carbons (Fsp3) is 0.0667. The van der Waals surface area contributed by atoms with Gasteiger partial charge in [0.2, 0.25) is 5.84 Å². The number of nitrogens with two attached hydrogens (primary N) is 1. The van der Waals surface area contributed by atoms with Crippen LogP contribution < -0.4 is 10.3 Å². The Labute approximate surface area is 111 Å². The van der Waals surface area contributed by atoms with Gasteiger partial charge in [-0.05, 0) is 24.3 Å². The van der Waals surface area contributed by atoms with Crippen LogP contribution in [0.15, 0.2) is 59.6 Å². The molecule has 1 aromatic heterocycles. The maximum absolute atomic E-state index is 6.03. The van der Waals surface area contributed by atoms with Crippen molar-refractivity contribution in [3.05, 3.63) is 60.2 Å². The molecule has 0 fully saturated rings. The van der Waals surface area contributed by atoms with Crippen LogP contribution in [0.2, 0.25) is 0 Å². The van der Waals surface area contributed by atoms with Crippen LogP contribution in [0.25, 0.3) is 11.0 Å². The molecule has 94 valence electrons. The van der Waals surface area contributed by atoms with Crippen molar-refractivity contribution in [1.29, 1.82) is 0 Å². The number of hydrogen-bond acceptors (Lipinski definition) is 1. The minimum Gasteiger partial charge on any atom is -0.369 e. The van der Waals surface area contributed by atoms with Gasteiger partial charge in [0.1, 0.15) is 11.0 Å². The van der Waals surface area contributed by atoms with E-state index in [4.69, 9.17) is 5.73 Å². The molecule has 0 aliphatic carbocycles. The molecule has 3 N–H and O–H groups in total. The number of fused-ring (bicyclic) bond motifs is 1. The highest BCUT2D eigenvalue weighted by molar-refractivity contribution is 5.98. The molecule has 19 heavy (non-hydrogen) atoms. The van der Waals surface area contributed by atoms with Gasteiger partial charge in [-0.2, -0.15) is 0 Å². The number of rotatable bonds is 2. The molecule has 0 amide bonds. The number of nitrogens with one attached hydrogen (secondary N) is 1. The van der Waals surface area contributed by atoms with Crippen molar-refractivity contribution in [2.24, 2.45) is 17.8 Å². The predicted octanol–water partition coefficient (Wildman–Crippen LogP) is 2.03. The first-order chi connectivity index (χ1) is 9.25. The van der Waals surface area contributed by atoms with Crippen molar-refractivity contribution >= 4 is 22.8 Å². The van der Waals surface area contributed by atoms with Gasteiger partial charge in [0.25, 0.3) is 0 Å². The van der Waals surface area contributed by atoms with E-state index in [1.54, 1.807) is 0 Å². The molecule has 2 aromatic carbocycles. The molecule has 0 aliphatic heterocycles.